The van der Waals surface area contributed by atoms with Crippen molar-refractivity contribution < 1.29 is 9.21 Å². The van der Waals surface area contributed by atoms with Gasteiger partial charge in [-0.3, -0.25) is 4.79 Å². The predicted molar refractivity (Wildman–Crippen MR) is 67.0 cm³/mol. The number of nitrogens with zero attached hydrogens (tertiary/aromatic N) is 1. The molecule has 4 nitrogen and oxygen atoms in total. The second-order valence-electron chi connectivity index (χ2n) is 3.50. The van der Waals surface area contributed by atoms with Gasteiger partial charge in [0.1, 0.15) is 0 Å². The topological polar surface area (TPSA) is 45.5 Å². The maximum Gasteiger partial charge on any atom is 0.289 e. The molecule has 1 aliphatic heterocycles. The monoisotopic (exact) mass is 308 g/mol. The fraction of sp³-hybridized carbons (Fsp3) is 0.500. The van der Waals surface area contributed by atoms with Crippen LogP contribution in [0.3, 0.4) is 0 Å². The number of nitrogens with one attached hydrogen (secondary N) is 1. The number of carbonyl (C=O) groups is 1. The Morgan fingerprint density at radius 3 is 2.88 bits per heavy atom. The highest BCUT2D eigenvalue weighted by molar-refractivity contribution is 9.10. The molecule has 0 aromatic carbocycles. The largest absolute Gasteiger partial charge is 0.444 e. The molecule has 1 amide bonds. The Bertz CT molecular complexity index is 348. The van der Waals surface area contributed by atoms with Gasteiger partial charge in [-0.05, 0) is 41.0 Å². The Hall–Kier alpha value is -0.520. The summed E-state index contributed by atoms with van der Waals surface area (Å²) in [5.74, 6) is 0.383. The third-order valence-electron chi connectivity index (χ3n) is 2.41. The fourth-order valence-corrected chi connectivity index (χ4v) is 1.94. The van der Waals surface area contributed by atoms with Crippen LogP contribution in [-0.4, -0.2) is 37.0 Å². The summed E-state index contributed by atoms with van der Waals surface area (Å²) in [5.41, 5.74) is 0. The number of hydrogen-bond donors (Lipinski definition) is 1. The highest BCUT2D eigenvalue weighted by atomic mass is 79.9. The lowest BCUT2D eigenvalue weighted by Gasteiger charge is -2.18. The molecule has 1 saturated heterocycles. The molecule has 0 atom stereocenters. The Morgan fingerprint density at radius 2 is 2.19 bits per heavy atom. The molecule has 1 aromatic rings. The molecule has 0 spiro atoms. The molecule has 2 rings (SSSR count). The van der Waals surface area contributed by atoms with E-state index in [9.17, 15) is 4.79 Å². The van der Waals surface area contributed by atoms with Crippen LogP contribution >= 0.6 is 28.3 Å². The summed E-state index contributed by atoms with van der Waals surface area (Å²) < 4.78 is 5.84. The number of amides is 1. The summed E-state index contributed by atoms with van der Waals surface area (Å²) >= 11 is 3.19. The quantitative estimate of drug-likeness (QED) is 0.862. The zero-order valence-corrected chi connectivity index (χ0v) is 11.1. The van der Waals surface area contributed by atoms with Gasteiger partial charge in [0, 0.05) is 19.6 Å². The van der Waals surface area contributed by atoms with Gasteiger partial charge in [0.25, 0.3) is 5.91 Å². The van der Waals surface area contributed by atoms with E-state index in [0.29, 0.717) is 10.4 Å². The van der Waals surface area contributed by atoms with Gasteiger partial charge in [-0.25, -0.2) is 0 Å². The second kappa shape index (κ2) is 6.27. The van der Waals surface area contributed by atoms with Crippen molar-refractivity contribution in [3.05, 3.63) is 22.6 Å². The molecule has 0 radical (unpaired) electrons. The minimum absolute atomic E-state index is 0. The van der Waals surface area contributed by atoms with Gasteiger partial charge in [-0.2, -0.15) is 0 Å². The molecule has 0 unspecified atom stereocenters. The first-order valence-electron chi connectivity index (χ1n) is 5.03. The summed E-state index contributed by atoms with van der Waals surface area (Å²) in [5, 5.41) is 3.25. The zero-order valence-electron chi connectivity index (χ0n) is 8.74. The maximum atomic E-state index is 11.9. The van der Waals surface area contributed by atoms with Crippen LogP contribution in [0.25, 0.3) is 0 Å². The smallest absolute Gasteiger partial charge is 0.289 e. The fourth-order valence-electron chi connectivity index (χ4n) is 1.63. The Morgan fingerprint density at radius 1 is 1.38 bits per heavy atom. The van der Waals surface area contributed by atoms with Crippen LogP contribution in [0.15, 0.2) is 21.2 Å². The van der Waals surface area contributed by atoms with Crippen molar-refractivity contribution in [2.45, 2.75) is 6.42 Å². The maximum absolute atomic E-state index is 11.9. The number of rotatable bonds is 1. The summed E-state index contributed by atoms with van der Waals surface area (Å²) in [6.45, 7) is 3.38. The molecule has 90 valence electrons. The first-order chi connectivity index (χ1) is 7.27. The molecular weight excluding hydrogens is 295 g/mol. The number of carbonyl (C=O) groups excluding carboxylic acids is 1. The molecule has 1 aliphatic rings. The highest BCUT2D eigenvalue weighted by Gasteiger charge is 2.19. The van der Waals surface area contributed by atoms with Crippen LogP contribution < -0.4 is 5.32 Å². The van der Waals surface area contributed by atoms with E-state index < -0.39 is 0 Å². The lowest BCUT2D eigenvalue weighted by Crippen LogP contribution is -2.33. The van der Waals surface area contributed by atoms with Gasteiger partial charge in [0.2, 0.25) is 0 Å². The number of halogens is 2. The van der Waals surface area contributed by atoms with E-state index in [1.165, 1.54) is 0 Å². The molecule has 16 heavy (non-hydrogen) atoms. The molecule has 0 bridgehead atoms. The Kier molecular flexibility index (Phi) is 5.31. The third kappa shape index (κ3) is 3.23. The normalized spacial score (nSPS) is 16.4. The van der Waals surface area contributed by atoms with Gasteiger partial charge < -0.3 is 14.6 Å². The van der Waals surface area contributed by atoms with Gasteiger partial charge in [0.15, 0.2) is 10.4 Å². The van der Waals surface area contributed by atoms with Crippen LogP contribution in [0.1, 0.15) is 17.0 Å². The van der Waals surface area contributed by atoms with Crippen molar-refractivity contribution in [3.63, 3.8) is 0 Å². The Labute approximate surface area is 109 Å². The van der Waals surface area contributed by atoms with Crippen molar-refractivity contribution in [2.24, 2.45) is 0 Å². The summed E-state index contributed by atoms with van der Waals surface area (Å²) in [4.78, 5) is 13.8. The van der Waals surface area contributed by atoms with E-state index in [4.69, 9.17) is 4.42 Å². The standard InChI is InChI=1S/C10H13BrN2O2.ClH/c11-9-3-2-8(15-9)10(14)13-6-1-4-12-5-7-13;/h2-3,12H,1,4-7H2;1H. The molecule has 0 saturated carbocycles. The minimum atomic E-state index is -0.0237. The second-order valence-corrected chi connectivity index (χ2v) is 4.28. The number of hydrogen-bond acceptors (Lipinski definition) is 3. The van der Waals surface area contributed by atoms with E-state index in [1.807, 2.05) is 4.90 Å². The molecule has 1 fully saturated rings. The van der Waals surface area contributed by atoms with Crippen LogP contribution in [0, 0.1) is 0 Å². The van der Waals surface area contributed by atoms with Crippen molar-refractivity contribution in [1.82, 2.24) is 10.2 Å². The van der Waals surface area contributed by atoms with Gasteiger partial charge in [-0.1, -0.05) is 0 Å². The van der Waals surface area contributed by atoms with E-state index in [2.05, 4.69) is 21.2 Å². The first kappa shape index (κ1) is 13.5. The van der Waals surface area contributed by atoms with Crippen LogP contribution in [0.4, 0.5) is 0 Å². The van der Waals surface area contributed by atoms with Crippen molar-refractivity contribution in [3.8, 4) is 0 Å². The molecule has 6 heteroatoms. The van der Waals surface area contributed by atoms with Crippen molar-refractivity contribution in [1.29, 1.82) is 0 Å². The minimum Gasteiger partial charge on any atom is -0.444 e. The van der Waals surface area contributed by atoms with E-state index in [1.54, 1.807) is 12.1 Å². The lowest BCUT2D eigenvalue weighted by molar-refractivity contribution is 0.0733. The Balaban J connectivity index is 0.00000128. The van der Waals surface area contributed by atoms with E-state index in [0.717, 1.165) is 32.6 Å². The molecule has 1 aromatic heterocycles. The van der Waals surface area contributed by atoms with E-state index >= 15 is 0 Å². The molecule has 1 N–H and O–H groups in total. The first-order valence-corrected chi connectivity index (χ1v) is 5.82. The van der Waals surface area contributed by atoms with Crippen molar-refractivity contribution in [2.75, 3.05) is 26.2 Å². The van der Waals surface area contributed by atoms with Crippen LogP contribution in [0.5, 0.6) is 0 Å². The molecule has 0 aliphatic carbocycles. The van der Waals surface area contributed by atoms with Crippen LogP contribution in [-0.2, 0) is 0 Å². The SMILES string of the molecule is Cl.O=C(c1ccc(Br)o1)N1CCCNCC1. The number of furan rings is 1. The highest BCUT2D eigenvalue weighted by Crippen LogP contribution is 2.16. The van der Waals surface area contributed by atoms with E-state index in [-0.39, 0.29) is 18.3 Å². The van der Waals surface area contributed by atoms with Gasteiger partial charge >= 0.3 is 0 Å². The average molecular weight is 310 g/mol. The van der Waals surface area contributed by atoms with Crippen molar-refractivity contribution >= 4 is 34.2 Å². The molecular formula is C10H14BrClN2O2. The summed E-state index contributed by atoms with van der Waals surface area (Å²) in [6.07, 6.45) is 0.994. The average Bonchev–Trinajstić information content (AvgIpc) is 2.53. The van der Waals surface area contributed by atoms with Gasteiger partial charge in [0.05, 0.1) is 0 Å². The zero-order chi connectivity index (χ0) is 10.7. The van der Waals surface area contributed by atoms with Crippen LogP contribution in [0.2, 0.25) is 0 Å². The van der Waals surface area contributed by atoms with Gasteiger partial charge in [-0.15, -0.1) is 12.4 Å². The molecule has 2 heterocycles. The lowest BCUT2D eigenvalue weighted by atomic mass is 10.3. The summed E-state index contributed by atoms with van der Waals surface area (Å²) in [7, 11) is 0. The summed E-state index contributed by atoms with van der Waals surface area (Å²) in [6, 6.07) is 3.44. The predicted octanol–water partition coefficient (Wildman–Crippen LogP) is 1.90. The third-order valence-corrected chi connectivity index (χ3v) is 2.84.